The predicted octanol–water partition coefficient (Wildman–Crippen LogP) is 1.29. The van der Waals surface area contributed by atoms with Crippen molar-refractivity contribution in [2.75, 3.05) is 6.61 Å². The number of rotatable bonds is 6. The SMILES string of the molecule is CCC(CC#N)N[C@H](CO)C(C)C. The van der Waals surface area contributed by atoms with Crippen molar-refractivity contribution in [3.63, 3.8) is 0 Å². The van der Waals surface area contributed by atoms with Gasteiger partial charge in [-0.15, -0.1) is 0 Å². The Hall–Kier alpha value is -0.590. The average Bonchev–Trinajstić information content (AvgIpc) is 2.11. The van der Waals surface area contributed by atoms with Gasteiger partial charge in [-0.2, -0.15) is 5.26 Å². The summed E-state index contributed by atoms with van der Waals surface area (Å²) in [6.45, 7) is 6.31. The number of nitrogens with one attached hydrogen (secondary N) is 1. The molecular weight excluding hydrogens is 164 g/mol. The molecule has 3 nitrogen and oxygen atoms in total. The molecule has 0 spiro atoms. The Morgan fingerprint density at radius 2 is 2.08 bits per heavy atom. The largest absolute Gasteiger partial charge is 0.395 e. The van der Waals surface area contributed by atoms with Gasteiger partial charge in [-0.05, 0) is 12.3 Å². The highest BCUT2D eigenvalue weighted by Gasteiger charge is 2.15. The number of hydrogen-bond donors (Lipinski definition) is 2. The minimum atomic E-state index is 0.110. The molecule has 0 fully saturated rings. The summed E-state index contributed by atoms with van der Waals surface area (Å²) in [4.78, 5) is 0. The van der Waals surface area contributed by atoms with Crippen LogP contribution in [0.3, 0.4) is 0 Å². The predicted molar refractivity (Wildman–Crippen MR) is 53.2 cm³/mol. The summed E-state index contributed by atoms with van der Waals surface area (Å²) in [6, 6.07) is 2.47. The first kappa shape index (κ1) is 12.4. The van der Waals surface area contributed by atoms with Crippen LogP contribution in [-0.2, 0) is 0 Å². The maximum atomic E-state index is 9.06. The van der Waals surface area contributed by atoms with Crippen LogP contribution < -0.4 is 5.32 Å². The molecular formula is C10H20N2O. The quantitative estimate of drug-likeness (QED) is 0.654. The number of aliphatic hydroxyl groups excluding tert-OH is 1. The maximum Gasteiger partial charge on any atom is 0.0638 e. The van der Waals surface area contributed by atoms with Crippen molar-refractivity contribution >= 4 is 0 Å². The number of nitriles is 1. The van der Waals surface area contributed by atoms with Gasteiger partial charge in [0.1, 0.15) is 0 Å². The smallest absolute Gasteiger partial charge is 0.0638 e. The van der Waals surface area contributed by atoms with Gasteiger partial charge in [0.25, 0.3) is 0 Å². The van der Waals surface area contributed by atoms with Gasteiger partial charge in [0.05, 0.1) is 19.1 Å². The Labute approximate surface area is 80.8 Å². The third kappa shape index (κ3) is 4.87. The normalized spacial score (nSPS) is 15.4. The molecule has 0 saturated carbocycles. The van der Waals surface area contributed by atoms with Gasteiger partial charge in [0.15, 0.2) is 0 Å². The van der Waals surface area contributed by atoms with Crippen molar-refractivity contribution < 1.29 is 5.11 Å². The summed E-state index contributed by atoms with van der Waals surface area (Å²) in [6.07, 6.45) is 1.44. The molecule has 76 valence electrons. The van der Waals surface area contributed by atoms with Crippen molar-refractivity contribution in [3.8, 4) is 6.07 Å². The molecule has 2 N–H and O–H groups in total. The molecule has 0 saturated heterocycles. The van der Waals surface area contributed by atoms with Crippen LogP contribution in [0.4, 0.5) is 0 Å². The van der Waals surface area contributed by atoms with Crippen LogP contribution in [0.5, 0.6) is 0 Å². The monoisotopic (exact) mass is 184 g/mol. The van der Waals surface area contributed by atoms with Gasteiger partial charge in [0.2, 0.25) is 0 Å². The summed E-state index contributed by atoms with van der Waals surface area (Å²) in [5, 5.41) is 20.9. The van der Waals surface area contributed by atoms with Gasteiger partial charge in [0, 0.05) is 12.1 Å². The summed E-state index contributed by atoms with van der Waals surface area (Å²) in [5.41, 5.74) is 0. The van der Waals surface area contributed by atoms with E-state index in [1.807, 2.05) is 6.92 Å². The lowest BCUT2D eigenvalue weighted by atomic mass is 10.0. The highest BCUT2D eigenvalue weighted by Crippen LogP contribution is 2.05. The minimum Gasteiger partial charge on any atom is -0.395 e. The molecule has 0 aliphatic carbocycles. The zero-order chi connectivity index (χ0) is 10.3. The summed E-state index contributed by atoms with van der Waals surface area (Å²) >= 11 is 0. The van der Waals surface area contributed by atoms with Crippen LogP contribution >= 0.6 is 0 Å². The van der Waals surface area contributed by atoms with Gasteiger partial charge in [-0.25, -0.2) is 0 Å². The van der Waals surface area contributed by atoms with Crippen LogP contribution in [0.15, 0.2) is 0 Å². The zero-order valence-electron chi connectivity index (χ0n) is 8.75. The van der Waals surface area contributed by atoms with E-state index in [1.165, 1.54) is 0 Å². The van der Waals surface area contributed by atoms with E-state index < -0.39 is 0 Å². The second kappa shape index (κ2) is 6.88. The van der Waals surface area contributed by atoms with E-state index in [-0.39, 0.29) is 18.7 Å². The van der Waals surface area contributed by atoms with E-state index >= 15 is 0 Å². The van der Waals surface area contributed by atoms with E-state index in [9.17, 15) is 0 Å². The molecule has 13 heavy (non-hydrogen) atoms. The highest BCUT2D eigenvalue weighted by molar-refractivity contribution is 4.83. The standard InChI is InChI=1S/C10H20N2O/c1-4-9(5-6-11)12-10(7-13)8(2)3/h8-10,12-13H,4-5,7H2,1-3H3/t9?,10-/m1/s1. The van der Waals surface area contributed by atoms with Crippen molar-refractivity contribution in [3.05, 3.63) is 0 Å². The molecule has 2 atom stereocenters. The Morgan fingerprint density at radius 1 is 1.46 bits per heavy atom. The molecule has 0 rings (SSSR count). The van der Waals surface area contributed by atoms with Gasteiger partial charge >= 0.3 is 0 Å². The second-order valence-corrected chi connectivity index (χ2v) is 3.67. The molecule has 0 aromatic rings. The first-order chi connectivity index (χ1) is 6.15. The molecule has 0 aromatic heterocycles. The lowest BCUT2D eigenvalue weighted by Gasteiger charge is -2.24. The molecule has 0 aliphatic heterocycles. The number of nitrogens with zero attached hydrogens (tertiary/aromatic N) is 1. The third-order valence-electron chi connectivity index (χ3n) is 2.28. The van der Waals surface area contributed by atoms with Gasteiger partial charge in [-0.1, -0.05) is 20.8 Å². The van der Waals surface area contributed by atoms with Crippen LogP contribution in [0.2, 0.25) is 0 Å². The fraction of sp³-hybridized carbons (Fsp3) is 0.900. The average molecular weight is 184 g/mol. The van der Waals surface area contributed by atoms with Crippen molar-refractivity contribution in [2.45, 2.75) is 45.7 Å². The van der Waals surface area contributed by atoms with Gasteiger partial charge in [-0.3, -0.25) is 0 Å². The fourth-order valence-corrected chi connectivity index (χ4v) is 1.19. The molecule has 0 radical (unpaired) electrons. The van der Waals surface area contributed by atoms with Crippen LogP contribution in [0, 0.1) is 17.2 Å². The van der Waals surface area contributed by atoms with E-state index in [0.29, 0.717) is 12.3 Å². The number of aliphatic hydroxyl groups is 1. The van der Waals surface area contributed by atoms with Crippen molar-refractivity contribution in [1.29, 1.82) is 5.26 Å². The van der Waals surface area contributed by atoms with Crippen molar-refractivity contribution in [2.24, 2.45) is 5.92 Å². The maximum absolute atomic E-state index is 9.06. The second-order valence-electron chi connectivity index (χ2n) is 3.67. The Morgan fingerprint density at radius 3 is 2.38 bits per heavy atom. The third-order valence-corrected chi connectivity index (χ3v) is 2.28. The minimum absolute atomic E-state index is 0.110. The number of hydrogen-bond acceptors (Lipinski definition) is 3. The van der Waals surface area contributed by atoms with E-state index in [0.717, 1.165) is 6.42 Å². The Kier molecular flexibility index (Phi) is 6.56. The van der Waals surface area contributed by atoms with E-state index in [4.69, 9.17) is 10.4 Å². The summed E-state index contributed by atoms with van der Waals surface area (Å²) in [5.74, 6) is 0.401. The summed E-state index contributed by atoms with van der Waals surface area (Å²) in [7, 11) is 0. The fourth-order valence-electron chi connectivity index (χ4n) is 1.19. The van der Waals surface area contributed by atoms with Crippen molar-refractivity contribution in [1.82, 2.24) is 5.32 Å². The van der Waals surface area contributed by atoms with Crippen LogP contribution in [-0.4, -0.2) is 23.8 Å². The molecule has 0 bridgehead atoms. The highest BCUT2D eigenvalue weighted by atomic mass is 16.3. The molecule has 0 aromatic carbocycles. The van der Waals surface area contributed by atoms with Gasteiger partial charge < -0.3 is 10.4 Å². The Bertz CT molecular complexity index is 163. The summed E-state index contributed by atoms with van der Waals surface area (Å²) < 4.78 is 0. The molecule has 3 heteroatoms. The Balaban J connectivity index is 3.96. The van der Waals surface area contributed by atoms with E-state index in [2.05, 4.69) is 25.2 Å². The van der Waals surface area contributed by atoms with Crippen LogP contribution in [0.25, 0.3) is 0 Å². The first-order valence-electron chi connectivity index (χ1n) is 4.89. The molecule has 0 aliphatic rings. The molecule has 0 heterocycles. The topological polar surface area (TPSA) is 56.0 Å². The lowest BCUT2D eigenvalue weighted by molar-refractivity contribution is 0.198. The lowest BCUT2D eigenvalue weighted by Crippen LogP contribution is -2.43. The molecule has 0 amide bonds. The zero-order valence-corrected chi connectivity index (χ0v) is 8.75. The van der Waals surface area contributed by atoms with Crippen LogP contribution in [0.1, 0.15) is 33.6 Å². The molecule has 1 unspecified atom stereocenters. The van der Waals surface area contributed by atoms with E-state index in [1.54, 1.807) is 0 Å². The first-order valence-corrected chi connectivity index (χ1v) is 4.89.